The zero-order chi connectivity index (χ0) is 19.5. The van der Waals surface area contributed by atoms with Crippen molar-refractivity contribution in [3.8, 4) is 5.75 Å². The van der Waals surface area contributed by atoms with Gasteiger partial charge >= 0.3 is 11.9 Å². The van der Waals surface area contributed by atoms with E-state index in [0.29, 0.717) is 0 Å². The van der Waals surface area contributed by atoms with Crippen molar-refractivity contribution in [1.82, 2.24) is 0 Å². The third-order valence-electron chi connectivity index (χ3n) is 3.52. The molecule has 2 rings (SSSR count). The van der Waals surface area contributed by atoms with Gasteiger partial charge in [0.25, 0.3) is 0 Å². The van der Waals surface area contributed by atoms with Crippen LogP contribution in [0.15, 0.2) is 47.4 Å². The first-order valence-electron chi connectivity index (χ1n) is 7.16. The van der Waals surface area contributed by atoms with E-state index >= 15 is 0 Å². The van der Waals surface area contributed by atoms with Gasteiger partial charge in [-0.15, -0.1) is 0 Å². The molecular weight excluding hydrogens is 381 g/mol. The standard InChI is InChI=1S/C16H14F5NO3S/c1-25-12-5-2-10(14(8-12)16(19,20)21)9-22-11-3-6-13(7-4-11)26(23,24)15(17)18/h2-8,15,22H,9H2,1H3. The molecule has 10 heteroatoms. The molecule has 0 amide bonds. The average Bonchev–Trinajstić information content (AvgIpc) is 2.59. The molecule has 0 aliphatic carbocycles. The number of alkyl halides is 5. The van der Waals surface area contributed by atoms with E-state index < -0.39 is 32.2 Å². The minimum absolute atomic E-state index is 0.0532. The number of anilines is 1. The van der Waals surface area contributed by atoms with Crippen LogP contribution in [-0.2, 0) is 22.6 Å². The van der Waals surface area contributed by atoms with Crippen LogP contribution in [0.25, 0.3) is 0 Å². The van der Waals surface area contributed by atoms with Crippen molar-refractivity contribution in [2.24, 2.45) is 0 Å². The van der Waals surface area contributed by atoms with E-state index in [0.717, 1.165) is 18.2 Å². The summed E-state index contributed by atoms with van der Waals surface area (Å²) < 4.78 is 91.8. The van der Waals surface area contributed by atoms with E-state index in [-0.39, 0.29) is 23.5 Å². The molecule has 0 spiro atoms. The molecule has 0 radical (unpaired) electrons. The fraction of sp³-hybridized carbons (Fsp3) is 0.250. The summed E-state index contributed by atoms with van der Waals surface area (Å²) in [6.45, 7) is -0.209. The number of methoxy groups -OCH3 is 1. The van der Waals surface area contributed by atoms with Gasteiger partial charge in [-0.25, -0.2) is 8.42 Å². The molecule has 4 nitrogen and oxygen atoms in total. The van der Waals surface area contributed by atoms with Crippen molar-refractivity contribution in [1.29, 1.82) is 0 Å². The van der Waals surface area contributed by atoms with Gasteiger partial charge in [0, 0.05) is 12.2 Å². The monoisotopic (exact) mass is 395 g/mol. The van der Waals surface area contributed by atoms with Crippen molar-refractivity contribution in [2.75, 3.05) is 12.4 Å². The number of halogens is 5. The Morgan fingerprint density at radius 2 is 1.69 bits per heavy atom. The molecule has 0 heterocycles. The van der Waals surface area contributed by atoms with Gasteiger partial charge in [-0.05, 0) is 42.0 Å². The summed E-state index contributed by atoms with van der Waals surface area (Å²) in [4.78, 5) is -0.571. The SMILES string of the molecule is COc1ccc(CNc2ccc(S(=O)(=O)C(F)F)cc2)c(C(F)(F)F)c1. The molecule has 0 bridgehead atoms. The molecule has 2 aromatic rings. The maximum atomic E-state index is 13.1. The molecule has 0 aliphatic heterocycles. The van der Waals surface area contributed by atoms with Gasteiger partial charge in [-0.3, -0.25) is 0 Å². The zero-order valence-corrected chi connectivity index (χ0v) is 14.2. The maximum Gasteiger partial charge on any atom is 0.416 e. The fourth-order valence-electron chi connectivity index (χ4n) is 2.16. The van der Waals surface area contributed by atoms with Crippen molar-refractivity contribution >= 4 is 15.5 Å². The van der Waals surface area contributed by atoms with Crippen LogP contribution < -0.4 is 10.1 Å². The Hall–Kier alpha value is -2.36. The molecule has 0 aliphatic rings. The zero-order valence-electron chi connectivity index (χ0n) is 13.3. The van der Waals surface area contributed by atoms with E-state index in [4.69, 9.17) is 4.74 Å². The quantitative estimate of drug-likeness (QED) is 0.740. The van der Waals surface area contributed by atoms with Crippen LogP contribution in [0.5, 0.6) is 5.75 Å². The van der Waals surface area contributed by atoms with Crippen molar-refractivity contribution in [3.63, 3.8) is 0 Å². The summed E-state index contributed by atoms with van der Waals surface area (Å²) in [5, 5.41) is 2.70. The Labute approximate surface area is 146 Å². The van der Waals surface area contributed by atoms with Crippen molar-refractivity contribution in [3.05, 3.63) is 53.6 Å². The molecule has 0 aromatic heterocycles. The first kappa shape index (κ1) is 20.0. The predicted molar refractivity (Wildman–Crippen MR) is 85.0 cm³/mol. The number of benzene rings is 2. The lowest BCUT2D eigenvalue weighted by atomic mass is 10.1. The number of nitrogens with one attached hydrogen (secondary N) is 1. The first-order chi connectivity index (χ1) is 12.1. The molecule has 0 fully saturated rings. The van der Waals surface area contributed by atoms with Crippen LogP contribution in [0.1, 0.15) is 11.1 Å². The van der Waals surface area contributed by atoms with Crippen LogP contribution in [0, 0.1) is 0 Å². The van der Waals surface area contributed by atoms with Crippen molar-refractivity contribution < 1.29 is 35.1 Å². The second-order valence-electron chi connectivity index (χ2n) is 5.20. The molecular formula is C16H14F5NO3S. The van der Waals surface area contributed by atoms with Gasteiger partial charge in [0.2, 0.25) is 9.84 Å². The first-order valence-corrected chi connectivity index (χ1v) is 8.70. The third-order valence-corrected chi connectivity index (χ3v) is 4.92. The number of hydrogen-bond donors (Lipinski definition) is 1. The maximum absolute atomic E-state index is 13.1. The van der Waals surface area contributed by atoms with Gasteiger partial charge in [0.1, 0.15) is 5.75 Å². The summed E-state index contributed by atoms with van der Waals surface area (Å²) >= 11 is 0. The summed E-state index contributed by atoms with van der Waals surface area (Å²) in [6, 6.07) is 7.83. The molecule has 0 saturated heterocycles. The highest BCUT2D eigenvalue weighted by Crippen LogP contribution is 2.34. The second kappa shape index (κ2) is 7.48. The van der Waals surface area contributed by atoms with Crippen LogP contribution in [-0.4, -0.2) is 21.3 Å². The van der Waals surface area contributed by atoms with Crippen LogP contribution in [0.3, 0.4) is 0 Å². The van der Waals surface area contributed by atoms with Crippen LogP contribution >= 0.6 is 0 Å². The molecule has 0 unspecified atom stereocenters. The minimum Gasteiger partial charge on any atom is -0.497 e. The smallest absolute Gasteiger partial charge is 0.416 e. The van der Waals surface area contributed by atoms with Gasteiger partial charge in [-0.1, -0.05) is 6.07 Å². The molecule has 1 N–H and O–H groups in total. The second-order valence-corrected chi connectivity index (χ2v) is 7.12. The van der Waals surface area contributed by atoms with Gasteiger partial charge < -0.3 is 10.1 Å². The highest BCUT2D eigenvalue weighted by molar-refractivity contribution is 7.91. The molecule has 142 valence electrons. The van der Waals surface area contributed by atoms with E-state index in [1.54, 1.807) is 0 Å². The fourth-order valence-corrected chi connectivity index (χ4v) is 2.88. The largest absolute Gasteiger partial charge is 0.497 e. The third kappa shape index (κ3) is 4.43. The number of hydrogen-bond acceptors (Lipinski definition) is 4. The molecule has 0 atom stereocenters. The number of ether oxygens (including phenoxy) is 1. The van der Waals surface area contributed by atoms with E-state index in [1.807, 2.05) is 0 Å². The molecule has 26 heavy (non-hydrogen) atoms. The van der Waals surface area contributed by atoms with Gasteiger partial charge in [0.15, 0.2) is 0 Å². The summed E-state index contributed by atoms with van der Waals surface area (Å²) in [6.07, 6.45) is -4.58. The lowest BCUT2D eigenvalue weighted by Crippen LogP contribution is -2.13. The Kier molecular flexibility index (Phi) is 5.74. The topological polar surface area (TPSA) is 55.4 Å². The Bertz CT molecular complexity index is 864. The number of sulfone groups is 1. The minimum atomic E-state index is -4.72. The van der Waals surface area contributed by atoms with Crippen LogP contribution in [0.4, 0.5) is 27.6 Å². The van der Waals surface area contributed by atoms with Gasteiger partial charge in [0.05, 0.1) is 17.6 Å². The lowest BCUT2D eigenvalue weighted by Gasteiger charge is -2.15. The lowest BCUT2D eigenvalue weighted by molar-refractivity contribution is -0.138. The highest BCUT2D eigenvalue weighted by atomic mass is 32.2. The average molecular weight is 395 g/mol. The molecule has 2 aromatic carbocycles. The summed E-state index contributed by atoms with van der Waals surface area (Å²) in [7, 11) is -3.47. The normalized spacial score (nSPS) is 12.3. The summed E-state index contributed by atoms with van der Waals surface area (Å²) in [5.74, 6) is -3.49. The Morgan fingerprint density at radius 1 is 1.08 bits per heavy atom. The van der Waals surface area contributed by atoms with Gasteiger partial charge in [-0.2, -0.15) is 22.0 Å². The van der Waals surface area contributed by atoms with E-state index in [2.05, 4.69) is 5.32 Å². The Morgan fingerprint density at radius 3 is 2.19 bits per heavy atom. The van der Waals surface area contributed by atoms with E-state index in [1.165, 1.54) is 31.4 Å². The highest BCUT2D eigenvalue weighted by Gasteiger charge is 2.33. The Balaban J connectivity index is 2.19. The van der Waals surface area contributed by atoms with Crippen molar-refractivity contribution in [2.45, 2.75) is 23.4 Å². The van der Waals surface area contributed by atoms with Crippen LogP contribution in [0.2, 0.25) is 0 Å². The number of rotatable bonds is 6. The summed E-state index contributed by atoms with van der Waals surface area (Å²) in [5.41, 5.74) is -0.647. The molecule has 0 saturated carbocycles. The van der Waals surface area contributed by atoms with E-state index in [9.17, 15) is 30.4 Å². The predicted octanol–water partition coefficient (Wildman–Crippen LogP) is 4.32.